The molecule has 0 amide bonds. The van der Waals surface area contributed by atoms with Gasteiger partial charge >= 0.3 is 5.97 Å². The van der Waals surface area contributed by atoms with Gasteiger partial charge in [-0.3, -0.25) is 0 Å². The molecule has 0 radical (unpaired) electrons. The molecule has 0 aliphatic heterocycles. The molecule has 1 N–H and O–H groups in total. The third kappa shape index (κ3) is 2.07. The summed E-state index contributed by atoms with van der Waals surface area (Å²) in [5.41, 5.74) is 1.13. The summed E-state index contributed by atoms with van der Waals surface area (Å²) in [6.45, 7) is 3.49. The normalized spacial score (nSPS) is 10.6. The maximum atomic E-state index is 13.2. The molecule has 1 heterocycles. The first-order valence-corrected chi connectivity index (χ1v) is 5.51. The van der Waals surface area contributed by atoms with Crippen molar-refractivity contribution in [1.29, 1.82) is 0 Å². The Morgan fingerprint density at radius 3 is 2.83 bits per heavy atom. The summed E-state index contributed by atoms with van der Waals surface area (Å²) in [6.07, 6.45) is 5.14. The van der Waals surface area contributed by atoms with Gasteiger partial charge in [-0.1, -0.05) is 5.92 Å². The van der Waals surface area contributed by atoms with Crippen LogP contribution in [0.25, 0.3) is 10.9 Å². The van der Waals surface area contributed by atoms with Crippen LogP contribution in [0.4, 0.5) is 4.39 Å². The van der Waals surface area contributed by atoms with E-state index in [2.05, 4.69) is 10.9 Å². The van der Waals surface area contributed by atoms with Crippen molar-refractivity contribution in [3.63, 3.8) is 0 Å². The smallest absolute Gasteiger partial charge is 0.356 e. The first kappa shape index (κ1) is 12.2. The predicted octanol–water partition coefficient (Wildman–Crippen LogP) is 2.85. The Kier molecular flexibility index (Phi) is 3.07. The monoisotopic (exact) mass is 245 g/mol. The van der Waals surface area contributed by atoms with Gasteiger partial charge in [-0.2, -0.15) is 0 Å². The Balaban J connectivity index is 2.58. The van der Waals surface area contributed by atoms with E-state index in [1.54, 1.807) is 13.8 Å². The van der Waals surface area contributed by atoms with E-state index in [0.29, 0.717) is 16.5 Å². The zero-order valence-corrected chi connectivity index (χ0v) is 10.1. The molecule has 0 unspecified atom stereocenters. The van der Waals surface area contributed by atoms with Gasteiger partial charge < -0.3 is 9.72 Å². The molecule has 0 fully saturated rings. The highest BCUT2D eigenvalue weighted by Crippen LogP contribution is 2.23. The van der Waals surface area contributed by atoms with Gasteiger partial charge in [0.05, 0.1) is 11.7 Å². The first-order chi connectivity index (χ1) is 8.52. The van der Waals surface area contributed by atoms with E-state index < -0.39 is 11.8 Å². The molecular weight excluding hydrogens is 233 g/mol. The largest absolute Gasteiger partial charge is 0.458 e. The molecule has 4 heteroatoms. The van der Waals surface area contributed by atoms with Crippen LogP contribution in [0.3, 0.4) is 0 Å². The van der Waals surface area contributed by atoms with Crippen LogP contribution in [0, 0.1) is 18.2 Å². The van der Waals surface area contributed by atoms with Crippen LogP contribution >= 0.6 is 0 Å². The standard InChI is InChI=1S/C14H12FNO2/c1-4-10-11-7-9(15)5-6-12(11)16-13(10)14(17)18-8(2)3/h1,5-8,16H,2-3H3. The van der Waals surface area contributed by atoms with Crippen molar-refractivity contribution in [3.8, 4) is 12.3 Å². The van der Waals surface area contributed by atoms with Gasteiger partial charge in [0, 0.05) is 10.9 Å². The molecule has 2 aromatic rings. The number of carbonyl (C=O) groups excluding carboxylic acids is 1. The van der Waals surface area contributed by atoms with Crippen molar-refractivity contribution in [2.24, 2.45) is 0 Å². The third-order valence-electron chi connectivity index (χ3n) is 2.45. The van der Waals surface area contributed by atoms with Crippen LogP contribution in [-0.4, -0.2) is 17.1 Å². The van der Waals surface area contributed by atoms with Crippen LogP contribution in [0.2, 0.25) is 0 Å². The number of hydrogen-bond donors (Lipinski definition) is 1. The lowest BCUT2D eigenvalue weighted by molar-refractivity contribution is 0.0371. The Morgan fingerprint density at radius 2 is 2.22 bits per heavy atom. The average Bonchev–Trinajstić information content (AvgIpc) is 2.65. The van der Waals surface area contributed by atoms with E-state index in [1.165, 1.54) is 18.2 Å². The maximum Gasteiger partial charge on any atom is 0.356 e. The molecule has 3 nitrogen and oxygen atoms in total. The van der Waals surface area contributed by atoms with Crippen LogP contribution in [-0.2, 0) is 4.74 Å². The first-order valence-electron chi connectivity index (χ1n) is 5.51. The number of benzene rings is 1. The molecule has 1 aromatic heterocycles. The lowest BCUT2D eigenvalue weighted by Gasteiger charge is -2.06. The SMILES string of the molecule is C#Cc1c(C(=O)OC(C)C)[nH]c2ccc(F)cc12. The van der Waals surface area contributed by atoms with Crippen molar-refractivity contribution >= 4 is 16.9 Å². The summed E-state index contributed by atoms with van der Waals surface area (Å²) < 4.78 is 18.3. The molecule has 2 rings (SSSR count). The van der Waals surface area contributed by atoms with E-state index in [9.17, 15) is 9.18 Å². The number of halogens is 1. The number of aromatic amines is 1. The fourth-order valence-corrected chi connectivity index (χ4v) is 1.74. The van der Waals surface area contributed by atoms with Crippen molar-refractivity contribution in [3.05, 3.63) is 35.3 Å². The van der Waals surface area contributed by atoms with Crippen LogP contribution < -0.4 is 0 Å². The zero-order valence-electron chi connectivity index (χ0n) is 10.1. The summed E-state index contributed by atoms with van der Waals surface area (Å²) in [5.74, 6) is 1.47. The molecule has 1 aromatic carbocycles. The second-order valence-electron chi connectivity index (χ2n) is 4.16. The van der Waals surface area contributed by atoms with Gasteiger partial charge in [-0.15, -0.1) is 6.42 Å². The number of hydrogen-bond acceptors (Lipinski definition) is 2. The Hall–Kier alpha value is -2.28. The summed E-state index contributed by atoms with van der Waals surface area (Å²) >= 11 is 0. The molecule has 0 aliphatic rings. The molecular formula is C14H12FNO2. The van der Waals surface area contributed by atoms with Gasteiger partial charge in [-0.05, 0) is 32.0 Å². The van der Waals surface area contributed by atoms with Gasteiger partial charge in [0.25, 0.3) is 0 Å². The molecule has 18 heavy (non-hydrogen) atoms. The number of terminal acetylenes is 1. The molecule has 92 valence electrons. The summed E-state index contributed by atoms with van der Waals surface area (Å²) in [4.78, 5) is 14.7. The average molecular weight is 245 g/mol. The minimum atomic E-state index is -0.533. The minimum Gasteiger partial charge on any atom is -0.458 e. The van der Waals surface area contributed by atoms with Gasteiger partial charge in [-0.25, -0.2) is 9.18 Å². The summed E-state index contributed by atoms with van der Waals surface area (Å²) in [7, 11) is 0. The second kappa shape index (κ2) is 4.53. The van der Waals surface area contributed by atoms with E-state index in [4.69, 9.17) is 11.2 Å². The van der Waals surface area contributed by atoms with E-state index in [-0.39, 0.29) is 11.8 Å². The highest BCUT2D eigenvalue weighted by molar-refractivity contribution is 6.00. The third-order valence-corrected chi connectivity index (χ3v) is 2.45. The van der Waals surface area contributed by atoms with E-state index in [1.807, 2.05) is 0 Å². The van der Waals surface area contributed by atoms with Crippen molar-refractivity contribution in [2.75, 3.05) is 0 Å². The highest BCUT2D eigenvalue weighted by Gasteiger charge is 2.19. The van der Waals surface area contributed by atoms with Crippen molar-refractivity contribution in [2.45, 2.75) is 20.0 Å². The number of esters is 1. The number of H-pyrrole nitrogens is 1. The van der Waals surface area contributed by atoms with Crippen LogP contribution in [0.5, 0.6) is 0 Å². The second-order valence-corrected chi connectivity index (χ2v) is 4.16. The maximum absolute atomic E-state index is 13.2. The van der Waals surface area contributed by atoms with Crippen LogP contribution in [0.1, 0.15) is 29.9 Å². The van der Waals surface area contributed by atoms with E-state index >= 15 is 0 Å². The Labute approximate surface area is 104 Å². The molecule has 0 spiro atoms. The number of ether oxygens (including phenoxy) is 1. The van der Waals surface area contributed by atoms with Gasteiger partial charge in [0.15, 0.2) is 0 Å². The molecule has 0 atom stereocenters. The Bertz CT molecular complexity index is 650. The fourth-order valence-electron chi connectivity index (χ4n) is 1.74. The lowest BCUT2D eigenvalue weighted by atomic mass is 10.1. The molecule has 0 saturated heterocycles. The minimum absolute atomic E-state index is 0.187. The topological polar surface area (TPSA) is 42.1 Å². The highest BCUT2D eigenvalue weighted by atomic mass is 19.1. The molecule has 0 bridgehead atoms. The number of aromatic nitrogens is 1. The number of carbonyl (C=O) groups is 1. The van der Waals surface area contributed by atoms with Crippen molar-refractivity contribution in [1.82, 2.24) is 4.98 Å². The summed E-state index contributed by atoms with van der Waals surface area (Å²) in [5, 5.41) is 0.508. The lowest BCUT2D eigenvalue weighted by Crippen LogP contribution is -2.13. The fraction of sp³-hybridized carbons (Fsp3) is 0.214. The summed E-state index contributed by atoms with van der Waals surface area (Å²) in [6, 6.07) is 4.14. The van der Waals surface area contributed by atoms with Crippen molar-refractivity contribution < 1.29 is 13.9 Å². The molecule has 0 aliphatic carbocycles. The van der Waals surface area contributed by atoms with Crippen LogP contribution in [0.15, 0.2) is 18.2 Å². The molecule has 0 saturated carbocycles. The number of nitrogens with one attached hydrogen (secondary N) is 1. The number of rotatable bonds is 2. The van der Waals surface area contributed by atoms with Gasteiger partial charge in [0.1, 0.15) is 11.5 Å². The number of fused-ring (bicyclic) bond motifs is 1. The predicted molar refractivity (Wildman–Crippen MR) is 66.7 cm³/mol. The Morgan fingerprint density at radius 1 is 1.50 bits per heavy atom. The zero-order chi connectivity index (χ0) is 13.3. The van der Waals surface area contributed by atoms with E-state index in [0.717, 1.165) is 0 Å². The quantitative estimate of drug-likeness (QED) is 0.653. The van der Waals surface area contributed by atoms with Gasteiger partial charge in [0.2, 0.25) is 0 Å².